The van der Waals surface area contributed by atoms with E-state index in [1.54, 1.807) is 14.2 Å². The smallest absolute Gasteiger partial charge is 0.127 e. The summed E-state index contributed by atoms with van der Waals surface area (Å²) in [6, 6.07) is 18.8. The lowest BCUT2D eigenvalue weighted by Gasteiger charge is -2.28. The van der Waals surface area contributed by atoms with Crippen molar-refractivity contribution in [2.75, 3.05) is 14.2 Å². The predicted molar refractivity (Wildman–Crippen MR) is 93.0 cm³/mol. The molecule has 3 nitrogen and oxygen atoms in total. The van der Waals surface area contributed by atoms with Gasteiger partial charge in [0.05, 0.1) is 25.2 Å². The second-order valence-electron chi connectivity index (χ2n) is 5.38. The highest BCUT2D eigenvalue weighted by Crippen LogP contribution is 2.50. The SMILES string of the molecule is COc1ccc(C2Sc3ccccc3-n3cccc32)c(OC)c1. The van der Waals surface area contributed by atoms with Crippen LogP contribution in [-0.4, -0.2) is 18.8 Å². The van der Waals surface area contributed by atoms with Crippen LogP contribution < -0.4 is 9.47 Å². The van der Waals surface area contributed by atoms with Gasteiger partial charge in [-0.15, -0.1) is 11.8 Å². The molecule has 0 fully saturated rings. The van der Waals surface area contributed by atoms with E-state index in [0.717, 1.165) is 17.1 Å². The average molecular weight is 323 g/mol. The van der Waals surface area contributed by atoms with E-state index in [0.29, 0.717) is 0 Å². The Labute approximate surface area is 139 Å². The lowest BCUT2D eigenvalue weighted by Crippen LogP contribution is -2.11. The molecule has 0 saturated heterocycles. The normalized spacial score (nSPS) is 15.7. The van der Waals surface area contributed by atoms with Crippen molar-refractivity contribution in [1.82, 2.24) is 4.57 Å². The van der Waals surface area contributed by atoms with Crippen molar-refractivity contribution in [3.63, 3.8) is 0 Å². The minimum atomic E-state index is 0.195. The Kier molecular flexibility index (Phi) is 3.54. The van der Waals surface area contributed by atoms with Crippen molar-refractivity contribution in [2.45, 2.75) is 10.1 Å². The standard InChI is InChI=1S/C19H17NO2S/c1-21-13-9-10-14(17(12-13)22-2)19-16-7-5-11-20(16)15-6-3-4-8-18(15)23-19/h3-12,19H,1-2H3. The van der Waals surface area contributed by atoms with Crippen LogP contribution >= 0.6 is 11.8 Å². The van der Waals surface area contributed by atoms with Crippen molar-refractivity contribution in [1.29, 1.82) is 0 Å². The van der Waals surface area contributed by atoms with E-state index >= 15 is 0 Å². The van der Waals surface area contributed by atoms with Gasteiger partial charge in [-0.25, -0.2) is 0 Å². The number of benzene rings is 2. The Balaban J connectivity index is 1.86. The molecule has 0 spiro atoms. The van der Waals surface area contributed by atoms with Crippen LogP contribution in [0, 0.1) is 0 Å². The number of ether oxygens (including phenoxy) is 2. The minimum absolute atomic E-state index is 0.195. The van der Waals surface area contributed by atoms with Gasteiger partial charge in [-0.05, 0) is 30.3 Å². The molecule has 1 aromatic heterocycles. The quantitative estimate of drug-likeness (QED) is 0.698. The van der Waals surface area contributed by atoms with Gasteiger partial charge in [0.1, 0.15) is 11.5 Å². The highest BCUT2D eigenvalue weighted by molar-refractivity contribution is 8.00. The van der Waals surface area contributed by atoms with Crippen molar-refractivity contribution in [2.24, 2.45) is 0 Å². The molecule has 0 N–H and O–H groups in total. The zero-order chi connectivity index (χ0) is 15.8. The summed E-state index contributed by atoms with van der Waals surface area (Å²) in [4.78, 5) is 1.28. The molecule has 0 radical (unpaired) electrons. The van der Waals surface area contributed by atoms with Crippen LogP contribution in [0.1, 0.15) is 16.5 Å². The van der Waals surface area contributed by atoms with E-state index in [2.05, 4.69) is 53.2 Å². The maximum absolute atomic E-state index is 5.62. The Morgan fingerprint density at radius 3 is 2.65 bits per heavy atom. The summed E-state index contributed by atoms with van der Waals surface area (Å²) in [7, 11) is 3.38. The summed E-state index contributed by atoms with van der Waals surface area (Å²) in [5.41, 5.74) is 3.66. The van der Waals surface area contributed by atoms with E-state index in [1.807, 2.05) is 23.9 Å². The van der Waals surface area contributed by atoms with Crippen LogP contribution in [-0.2, 0) is 0 Å². The van der Waals surface area contributed by atoms with Gasteiger partial charge < -0.3 is 14.0 Å². The fourth-order valence-electron chi connectivity index (χ4n) is 3.03. The lowest BCUT2D eigenvalue weighted by molar-refractivity contribution is 0.391. The third-order valence-corrected chi connectivity index (χ3v) is 5.47. The van der Waals surface area contributed by atoms with Crippen LogP contribution in [0.25, 0.3) is 5.69 Å². The number of methoxy groups -OCH3 is 2. The topological polar surface area (TPSA) is 23.4 Å². The van der Waals surface area contributed by atoms with E-state index in [1.165, 1.54) is 16.3 Å². The van der Waals surface area contributed by atoms with Gasteiger partial charge >= 0.3 is 0 Å². The molecule has 116 valence electrons. The monoisotopic (exact) mass is 323 g/mol. The van der Waals surface area contributed by atoms with Crippen molar-refractivity contribution >= 4 is 11.8 Å². The number of thioether (sulfide) groups is 1. The van der Waals surface area contributed by atoms with E-state index in [4.69, 9.17) is 9.47 Å². The second kappa shape index (κ2) is 5.70. The molecule has 2 heterocycles. The Morgan fingerprint density at radius 1 is 0.957 bits per heavy atom. The number of fused-ring (bicyclic) bond motifs is 3. The average Bonchev–Trinajstić information content (AvgIpc) is 3.10. The van der Waals surface area contributed by atoms with Crippen LogP contribution in [0.4, 0.5) is 0 Å². The lowest BCUT2D eigenvalue weighted by atomic mass is 10.1. The van der Waals surface area contributed by atoms with Gasteiger partial charge in [0, 0.05) is 28.4 Å². The maximum Gasteiger partial charge on any atom is 0.127 e. The number of hydrogen-bond acceptors (Lipinski definition) is 3. The summed E-state index contributed by atoms with van der Waals surface area (Å²) in [6.45, 7) is 0. The predicted octanol–water partition coefficient (Wildman–Crippen LogP) is 4.69. The molecule has 23 heavy (non-hydrogen) atoms. The summed E-state index contributed by atoms with van der Waals surface area (Å²) >= 11 is 1.86. The molecule has 0 amide bonds. The minimum Gasteiger partial charge on any atom is -0.497 e. The van der Waals surface area contributed by atoms with Crippen molar-refractivity contribution < 1.29 is 9.47 Å². The first-order valence-corrected chi connectivity index (χ1v) is 8.35. The molecule has 4 rings (SSSR count). The Bertz CT molecular complexity index is 856. The van der Waals surface area contributed by atoms with Crippen LogP contribution in [0.5, 0.6) is 11.5 Å². The van der Waals surface area contributed by atoms with Crippen LogP contribution in [0.2, 0.25) is 0 Å². The van der Waals surface area contributed by atoms with Gasteiger partial charge in [0.15, 0.2) is 0 Å². The third kappa shape index (κ3) is 2.30. The van der Waals surface area contributed by atoms with Gasteiger partial charge in [-0.1, -0.05) is 18.2 Å². The van der Waals surface area contributed by atoms with Gasteiger partial charge in [0.25, 0.3) is 0 Å². The molecule has 1 aliphatic rings. The van der Waals surface area contributed by atoms with Crippen molar-refractivity contribution in [3.05, 3.63) is 72.1 Å². The molecule has 1 unspecified atom stereocenters. The fraction of sp³-hybridized carbons (Fsp3) is 0.158. The number of nitrogens with zero attached hydrogens (tertiary/aromatic N) is 1. The first kappa shape index (κ1) is 14.3. The summed E-state index contributed by atoms with van der Waals surface area (Å²) < 4.78 is 13.2. The summed E-state index contributed by atoms with van der Waals surface area (Å²) in [5, 5.41) is 0.195. The highest BCUT2D eigenvalue weighted by Gasteiger charge is 2.28. The molecule has 2 aromatic carbocycles. The molecular formula is C19H17NO2S. The zero-order valence-corrected chi connectivity index (χ0v) is 13.8. The molecular weight excluding hydrogens is 306 g/mol. The highest BCUT2D eigenvalue weighted by atomic mass is 32.2. The molecule has 0 bridgehead atoms. The molecule has 1 atom stereocenters. The van der Waals surface area contributed by atoms with E-state index in [-0.39, 0.29) is 5.25 Å². The number of para-hydroxylation sites is 1. The number of rotatable bonds is 3. The first-order chi connectivity index (χ1) is 11.3. The van der Waals surface area contributed by atoms with E-state index < -0.39 is 0 Å². The molecule has 3 aromatic rings. The summed E-state index contributed by atoms with van der Waals surface area (Å²) in [5.74, 6) is 1.66. The van der Waals surface area contributed by atoms with E-state index in [9.17, 15) is 0 Å². The van der Waals surface area contributed by atoms with Gasteiger partial charge in [-0.2, -0.15) is 0 Å². The second-order valence-corrected chi connectivity index (χ2v) is 6.52. The number of hydrogen-bond donors (Lipinski definition) is 0. The molecule has 0 saturated carbocycles. The largest absolute Gasteiger partial charge is 0.497 e. The maximum atomic E-state index is 5.62. The number of aromatic nitrogens is 1. The zero-order valence-electron chi connectivity index (χ0n) is 13.0. The first-order valence-electron chi connectivity index (χ1n) is 7.47. The van der Waals surface area contributed by atoms with Gasteiger partial charge in [0.2, 0.25) is 0 Å². The van der Waals surface area contributed by atoms with Crippen LogP contribution in [0.15, 0.2) is 65.7 Å². The Hall–Kier alpha value is -2.33. The molecule has 0 aliphatic carbocycles. The van der Waals surface area contributed by atoms with Crippen LogP contribution in [0.3, 0.4) is 0 Å². The van der Waals surface area contributed by atoms with Crippen molar-refractivity contribution in [3.8, 4) is 17.2 Å². The Morgan fingerprint density at radius 2 is 1.83 bits per heavy atom. The summed E-state index contributed by atoms with van der Waals surface area (Å²) in [6.07, 6.45) is 2.12. The third-order valence-electron chi connectivity index (χ3n) is 4.14. The molecule has 1 aliphatic heterocycles. The molecule has 4 heteroatoms. The van der Waals surface area contributed by atoms with Gasteiger partial charge in [-0.3, -0.25) is 0 Å². The fourth-order valence-corrected chi connectivity index (χ4v) is 4.36.